The molecular weight excluding hydrogens is 380 g/mol. The van der Waals surface area contributed by atoms with E-state index >= 15 is 0 Å². The van der Waals surface area contributed by atoms with Crippen molar-refractivity contribution < 1.29 is 23.8 Å². The Bertz CT molecular complexity index is 947. The predicted molar refractivity (Wildman–Crippen MR) is 114 cm³/mol. The van der Waals surface area contributed by atoms with Crippen molar-refractivity contribution in [1.82, 2.24) is 0 Å². The van der Waals surface area contributed by atoms with Crippen LogP contribution in [0.2, 0.25) is 0 Å². The summed E-state index contributed by atoms with van der Waals surface area (Å²) in [7, 11) is 0. The number of carbonyl (C=O) groups excluding carboxylic acids is 2. The maximum absolute atomic E-state index is 12.1. The van der Waals surface area contributed by atoms with Gasteiger partial charge >= 0.3 is 11.9 Å². The standard InChI is InChI=1S/C25H24O5/c1-19-9-13-22(14-10-19)29-18-24(26)30-23-15-11-21(12-16-23)25(27)28-17-5-8-20-6-3-2-4-7-20/h2-4,6-7,9-16H,5,8,17-18H2,1H3. The SMILES string of the molecule is Cc1ccc(OCC(=O)Oc2ccc(C(=O)OCCCc3ccccc3)cc2)cc1. The second-order valence-corrected chi connectivity index (χ2v) is 6.83. The van der Waals surface area contributed by atoms with Gasteiger partial charge in [0.2, 0.25) is 0 Å². The molecule has 3 rings (SSSR count). The molecular formula is C25H24O5. The molecule has 5 heteroatoms. The molecule has 0 fully saturated rings. The molecule has 0 atom stereocenters. The van der Waals surface area contributed by atoms with E-state index in [1.807, 2.05) is 49.4 Å². The molecule has 0 saturated heterocycles. The van der Waals surface area contributed by atoms with Crippen molar-refractivity contribution >= 4 is 11.9 Å². The fourth-order valence-electron chi connectivity index (χ4n) is 2.77. The lowest BCUT2D eigenvalue weighted by Crippen LogP contribution is -2.17. The highest BCUT2D eigenvalue weighted by Crippen LogP contribution is 2.15. The van der Waals surface area contributed by atoms with Crippen molar-refractivity contribution in [3.8, 4) is 11.5 Å². The quantitative estimate of drug-likeness (QED) is 0.292. The monoisotopic (exact) mass is 404 g/mol. The molecule has 0 bridgehead atoms. The van der Waals surface area contributed by atoms with Crippen LogP contribution in [0.4, 0.5) is 0 Å². The van der Waals surface area contributed by atoms with Crippen molar-refractivity contribution in [3.63, 3.8) is 0 Å². The molecule has 0 radical (unpaired) electrons. The topological polar surface area (TPSA) is 61.8 Å². The van der Waals surface area contributed by atoms with E-state index in [0.717, 1.165) is 18.4 Å². The van der Waals surface area contributed by atoms with Gasteiger partial charge in [-0.05, 0) is 61.7 Å². The van der Waals surface area contributed by atoms with Gasteiger partial charge in [0.25, 0.3) is 0 Å². The van der Waals surface area contributed by atoms with Gasteiger partial charge in [-0.3, -0.25) is 0 Å². The number of rotatable bonds is 9. The van der Waals surface area contributed by atoms with Crippen LogP contribution >= 0.6 is 0 Å². The highest BCUT2D eigenvalue weighted by Gasteiger charge is 2.10. The molecule has 0 aliphatic rings. The van der Waals surface area contributed by atoms with Crippen LogP contribution in [0.5, 0.6) is 11.5 Å². The average molecular weight is 404 g/mol. The third-order valence-electron chi connectivity index (χ3n) is 4.39. The highest BCUT2D eigenvalue weighted by atomic mass is 16.6. The first-order valence-electron chi connectivity index (χ1n) is 9.81. The Kier molecular flexibility index (Phi) is 7.61. The number of hydrogen-bond donors (Lipinski definition) is 0. The Morgan fingerprint density at radius 2 is 1.47 bits per heavy atom. The van der Waals surface area contributed by atoms with Crippen molar-refractivity contribution in [2.45, 2.75) is 19.8 Å². The van der Waals surface area contributed by atoms with Crippen LogP contribution in [0.3, 0.4) is 0 Å². The van der Waals surface area contributed by atoms with Crippen LogP contribution < -0.4 is 9.47 Å². The summed E-state index contributed by atoms with van der Waals surface area (Å²) in [5, 5.41) is 0. The Hall–Kier alpha value is -3.60. The minimum absolute atomic E-state index is 0.200. The van der Waals surface area contributed by atoms with E-state index in [1.54, 1.807) is 36.4 Å². The number of benzene rings is 3. The summed E-state index contributed by atoms with van der Waals surface area (Å²) in [5.74, 6) is 0.0199. The van der Waals surface area contributed by atoms with Gasteiger partial charge in [0.15, 0.2) is 6.61 Å². The van der Waals surface area contributed by atoms with E-state index in [1.165, 1.54) is 5.56 Å². The first-order chi connectivity index (χ1) is 14.6. The van der Waals surface area contributed by atoms with Gasteiger partial charge in [0.05, 0.1) is 12.2 Å². The first kappa shape index (κ1) is 21.1. The summed E-state index contributed by atoms with van der Waals surface area (Å²) in [5.41, 5.74) is 2.73. The zero-order valence-electron chi connectivity index (χ0n) is 16.9. The van der Waals surface area contributed by atoms with Crippen molar-refractivity contribution in [2.24, 2.45) is 0 Å². The molecule has 154 valence electrons. The molecule has 0 aliphatic heterocycles. The third kappa shape index (κ3) is 6.78. The lowest BCUT2D eigenvalue weighted by molar-refractivity contribution is -0.136. The number of hydrogen-bond acceptors (Lipinski definition) is 5. The van der Waals surface area contributed by atoms with Gasteiger partial charge in [-0.2, -0.15) is 0 Å². The maximum atomic E-state index is 12.1. The molecule has 0 saturated carbocycles. The van der Waals surface area contributed by atoms with Crippen molar-refractivity contribution in [2.75, 3.05) is 13.2 Å². The fourth-order valence-corrected chi connectivity index (χ4v) is 2.77. The Morgan fingerprint density at radius 1 is 0.800 bits per heavy atom. The van der Waals surface area contributed by atoms with Gasteiger partial charge < -0.3 is 14.2 Å². The number of esters is 2. The summed E-state index contributed by atoms with van der Waals surface area (Å²) in [6.07, 6.45) is 1.61. The predicted octanol–water partition coefficient (Wildman–Crippen LogP) is 4.77. The first-order valence-corrected chi connectivity index (χ1v) is 9.81. The fraction of sp³-hybridized carbons (Fsp3) is 0.200. The van der Waals surface area contributed by atoms with Crippen LogP contribution in [-0.2, 0) is 16.0 Å². The van der Waals surface area contributed by atoms with Crippen LogP contribution in [0, 0.1) is 6.92 Å². The zero-order valence-corrected chi connectivity index (χ0v) is 16.9. The molecule has 0 aliphatic carbocycles. The van der Waals surface area contributed by atoms with Crippen molar-refractivity contribution in [3.05, 3.63) is 95.6 Å². The van der Waals surface area contributed by atoms with Crippen LogP contribution in [0.15, 0.2) is 78.9 Å². The summed E-state index contributed by atoms with van der Waals surface area (Å²) < 4.78 is 15.9. The summed E-state index contributed by atoms with van der Waals surface area (Å²) in [6, 6.07) is 23.7. The average Bonchev–Trinajstić information content (AvgIpc) is 2.77. The normalized spacial score (nSPS) is 10.3. The molecule has 0 aromatic heterocycles. The summed E-state index contributed by atoms with van der Waals surface area (Å²) in [4.78, 5) is 24.0. The molecule has 3 aromatic carbocycles. The zero-order chi connectivity index (χ0) is 21.2. The van der Waals surface area contributed by atoms with Gasteiger partial charge in [0, 0.05) is 0 Å². The second-order valence-electron chi connectivity index (χ2n) is 6.83. The lowest BCUT2D eigenvalue weighted by Gasteiger charge is -2.08. The molecule has 0 spiro atoms. The molecule has 3 aromatic rings. The Balaban J connectivity index is 1.39. The van der Waals surface area contributed by atoms with Crippen LogP contribution in [-0.4, -0.2) is 25.2 Å². The largest absolute Gasteiger partial charge is 0.482 e. The highest BCUT2D eigenvalue weighted by molar-refractivity contribution is 5.89. The molecule has 0 heterocycles. The minimum atomic E-state index is -0.521. The van der Waals surface area contributed by atoms with Crippen molar-refractivity contribution in [1.29, 1.82) is 0 Å². The van der Waals surface area contributed by atoms with E-state index in [-0.39, 0.29) is 6.61 Å². The molecule has 0 N–H and O–H groups in total. The third-order valence-corrected chi connectivity index (χ3v) is 4.39. The van der Waals surface area contributed by atoms with Gasteiger partial charge in [0.1, 0.15) is 11.5 Å². The van der Waals surface area contributed by atoms with Crippen LogP contribution in [0.25, 0.3) is 0 Å². The van der Waals surface area contributed by atoms with E-state index < -0.39 is 11.9 Å². The number of aryl methyl sites for hydroxylation is 2. The van der Waals surface area contributed by atoms with Gasteiger partial charge in [-0.15, -0.1) is 0 Å². The van der Waals surface area contributed by atoms with E-state index in [4.69, 9.17) is 14.2 Å². The van der Waals surface area contributed by atoms with E-state index in [0.29, 0.717) is 23.7 Å². The Labute approximate surface area is 176 Å². The number of ether oxygens (including phenoxy) is 3. The number of carbonyl (C=O) groups is 2. The van der Waals surface area contributed by atoms with Gasteiger partial charge in [-0.25, -0.2) is 9.59 Å². The molecule has 0 unspecified atom stereocenters. The summed E-state index contributed by atoms with van der Waals surface area (Å²) in [6.45, 7) is 2.12. The van der Waals surface area contributed by atoms with Crippen LogP contribution in [0.1, 0.15) is 27.9 Å². The Morgan fingerprint density at radius 3 is 2.17 bits per heavy atom. The lowest BCUT2D eigenvalue weighted by atomic mass is 10.1. The molecule has 0 amide bonds. The van der Waals surface area contributed by atoms with Gasteiger partial charge in [-0.1, -0.05) is 48.0 Å². The maximum Gasteiger partial charge on any atom is 0.349 e. The second kappa shape index (κ2) is 10.8. The smallest absolute Gasteiger partial charge is 0.349 e. The molecule has 30 heavy (non-hydrogen) atoms. The van der Waals surface area contributed by atoms with E-state index in [2.05, 4.69) is 0 Å². The molecule has 5 nitrogen and oxygen atoms in total. The van der Waals surface area contributed by atoms with E-state index in [9.17, 15) is 9.59 Å². The summed E-state index contributed by atoms with van der Waals surface area (Å²) >= 11 is 0. The minimum Gasteiger partial charge on any atom is -0.482 e.